The summed E-state index contributed by atoms with van der Waals surface area (Å²) in [6.07, 6.45) is 0. The predicted molar refractivity (Wildman–Crippen MR) is 98.9 cm³/mol. The number of nitrogens with zero attached hydrogens (tertiary/aromatic N) is 1. The molecule has 8 heteroatoms. The SMILES string of the molecule is N#Cc1cccc(NC(=O)COC(=O)CSc2ccc3c(c2)OCCO3)c1. The van der Waals surface area contributed by atoms with Crippen molar-refractivity contribution in [2.24, 2.45) is 0 Å². The van der Waals surface area contributed by atoms with Crippen molar-refractivity contribution >= 4 is 29.3 Å². The van der Waals surface area contributed by atoms with Gasteiger partial charge in [-0.3, -0.25) is 9.59 Å². The highest BCUT2D eigenvalue weighted by Crippen LogP contribution is 2.34. The molecular weight excluding hydrogens is 368 g/mol. The van der Waals surface area contributed by atoms with Crippen LogP contribution in [0.2, 0.25) is 0 Å². The van der Waals surface area contributed by atoms with Crippen LogP contribution in [-0.4, -0.2) is 37.4 Å². The van der Waals surface area contributed by atoms with Gasteiger partial charge in [0.25, 0.3) is 5.91 Å². The summed E-state index contributed by atoms with van der Waals surface area (Å²) in [7, 11) is 0. The predicted octanol–water partition coefficient (Wildman–Crippen LogP) is 2.60. The third kappa shape index (κ3) is 5.39. The van der Waals surface area contributed by atoms with Crippen molar-refractivity contribution < 1.29 is 23.8 Å². The molecule has 27 heavy (non-hydrogen) atoms. The summed E-state index contributed by atoms with van der Waals surface area (Å²) in [5, 5.41) is 11.4. The second kappa shape index (κ2) is 8.96. The number of carbonyl (C=O) groups excluding carboxylic acids is 2. The van der Waals surface area contributed by atoms with Gasteiger partial charge >= 0.3 is 5.97 Å². The first-order valence-electron chi connectivity index (χ1n) is 8.12. The average molecular weight is 384 g/mol. The van der Waals surface area contributed by atoms with Crippen molar-refractivity contribution in [3.05, 3.63) is 48.0 Å². The van der Waals surface area contributed by atoms with Crippen molar-refractivity contribution in [3.63, 3.8) is 0 Å². The summed E-state index contributed by atoms with van der Waals surface area (Å²) in [6, 6.07) is 13.9. The van der Waals surface area contributed by atoms with Gasteiger partial charge < -0.3 is 19.5 Å². The maximum Gasteiger partial charge on any atom is 0.316 e. The van der Waals surface area contributed by atoms with Crippen molar-refractivity contribution in [3.8, 4) is 17.6 Å². The lowest BCUT2D eigenvalue weighted by molar-refractivity contribution is -0.144. The summed E-state index contributed by atoms with van der Waals surface area (Å²) in [5.74, 6) is 0.430. The van der Waals surface area contributed by atoms with E-state index in [1.807, 2.05) is 12.1 Å². The van der Waals surface area contributed by atoms with Crippen LogP contribution >= 0.6 is 11.8 Å². The Morgan fingerprint density at radius 3 is 2.78 bits per heavy atom. The van der Waals surface area contributed by atoms with E-state index in [0.29, 0.717) is 36.0 Å². The molecule has 0 saturated heterocycles. The van der Waals surface area contributed by atoms with Crippen LogP contribution in [0.5, 0.6) is 11.5 Å². The molecule has 0 spiro atoms. The van der Waals surface area contributed by atoms with Gasteiger partial charge in [0, 0.05) is 10.6 Å². The lowest BCUT2D eigenvalue weighted by Gasteiger charge is -2.18. The number of fused-ring (bicyclic) bond motifs is 1. The molecule has 0 unspecified atom stereocenters. The third-order valence-electron chi connectivity index (χ3n) is 3.51. The van der Waals surface area contributed by atoms with E-state index < -0.39 is 18.5 Å². The van der Waals surface area contributed by atoms with Gasteiger partial charge in [0.1, 0.15) is 13.2 Å². The number of hydrogen-bond acceptors (Lipinski definition) is 7. The number of nitrogens with one attached hydrogen (secondary N) is 1. The highest BCUT2D eigenvalue weighted by molar-refractivity contribution is 8.00. The fourth-order valence-corrected chi connectivity index (χ4v) is 3.03. The van der Waals surface area contributed by atoms with Gasteiger partial charge in [-0.1, -0.05) is 6.07 Å². The minimum Gasteiger partial charge on any atom is -0.486 e. The van der Waals surface area contributed by atoms with E-state index in [4.69, 9.17) is 19.5 Å². The number of rotatable bonds is 6. The number of nitriles is 1. The highest BCUT2D eigenvalue weighted by Gasteiger charge is 2.13. The first-order valence-corrected chi connectivity index (χ1v) is 9.11. The quantitative estimate of drug-likeness (QED) is 0.604. The topological polar surface area (TPSA) is 97.7 Å². The zero-order valence-corrected chi connectivity index (χ0v) is 15.1. The molecule has 0 aromatic heterocycles. The first kappa shape index (κ1) is 18.6. The number of hydrogen-bond donors (Lipinski definition) is 1. The van der Waals surface area contributed by atoms with E-state index in [1.54, 1.807) is 30.3 Å². The molecule has 2 aromatic rings. The van der Waals surface area contributed by atoms with E-state index >= 15 is 0 Å². The van der Waals surface area contributed by atoms with Crippen LogP contribution in [0.4, 0.5) is 5.69 Å². The molecule has 2 aromatic carbocycles. The molecule has 0 aliphatic carbocycles. The van der Waals surface area contributed by atoms with Crippen LogP contribution in [0, 0.1) is 11.3 Å². The van der Waals surface area contributed by atoms with E-state index in [0.717, 1.165) is 4.90 Å². The van der Waals surface area contributed by atoms with Gasteiger partial charge in [-0.2, -0.15) is 5.26 Å². The number of thioether (sulfide) groups is 1. The maximum atomic E-state index is 11.8. The van der Waals surface area contributed by atoms with Crippen LogP contribution in [0.15, 0.2) is 47.4 Å². The fourth-order valence-electron chi connectivity index (χ4n) is 2.31. The molecular formula is C19H16N2O5S. The Bertz CT molecular complexity index is 894. The monoisotopic (exact) mass is 384 g/mol. The molecule has 7 nitrogen and oxygen atoms in total. The first-order chi connectivity index (χ1) is 13.1. The number of anilines is 1. The Morgan fingerprint density at radius 2 is 1.96 bits per heavy atom. The molecule has 0 radical (unpaired) electrons. The van der Waals surface area contributed by atoms with Crippen LogP contribution < -0.4 is 14.8 Å². The molecule has 0 fully saturated rings. The highest BCUT2D eigenvalue weighted by atomic mass is 32.2. The number of benzene rings is 2. The van der Waals surface area contributed by atoms with Gasteiger partial charge in [0.05, 0.1) is 17.4 Å². The number of carbonyl (C=O) groups is 2. The largest absolute Gasteiger partial charge is 0.486 e. The summed E-state index contributed by atoms with van der Waals surface area (Å²) in [6.45, 7) is 0.627. The van der Waals surface area contributed by atoms with Gasteiger partial charge in [-0.25, -0.2) is 0 Å². The zero-order valence-electron chi connectivity index (χ0n) is 14.3. The van der Waals surface area contributed by atoms with Crippen LogP contribution in [0.25, 0.3) is 0 Å². The minimum absolute atomic E-state index is 0.0663. The minimum atomic E-state index is -0.504. The van der Waals surface area contributed by atoms with Gasteiger partial charge in [-0.05, 0) is 36.4 Å². The molecule has 1 heterocycles. The Labute approximate surface area is 160 Å². The second-order valence-corrected chi connectivity index (χ2v) is 6.54. The lowest BCUT2D eigenvalue weighted by atomic mass is 10.2. The maximum absolute atomic E-state index is 11.8. The average Bonchev–Trinajstić information content (AvgIpc) is 2.70. The van der Waals surface area contributed by atoms with E-state index in [9.17, 15) is 9.59 Å². The summed E-state index contributed by atoms with van der Waals surface area (Å²) >= 11 is 1.28. The fraction of sp³-hybridized carbons (Fsp3) is 0.211. The lowest BCUT2D eigenvalue weighted by Crippen LogP contribution is -2.21. The molecule has 1 aliphatic rings. The standard InChI is InChI=1S/C19H16N2O5S/c20-10-13-2-1-3-14(8-13)21-18(22)11-26-19(23)12-27-15-4-5-16-17(9-15)25-7-6-24-16/h1-5,8-9H,6-7,11-12H2,(H,21,22). The van der Waals surface area contributed by atoms with Crippen molar-refractivity contribution in [1.29, 1.82) is 5.26 Å². The molecule has 1 N–H and O–H groups in total. The molecule has 3 rings (SSSR count). The van der Waals surface area contributed by atoms with E-state index in [-0.39, 0.29) is 5.75 Å². The van der Waals surface area contributed by atoms with Crippen LogP contribution in [0.1, 0.15) is 5.56 Å². The van der Waals surface area contributed by atoms with Gasteiger partial charge in [0.2, 0.25) is 0 Å². The molecule has 1 amide bonds. The Balaban J connectivity index is 1.43. The van der Waals surface area contributed by atoms with Crippen molar-refractivity contribution in [1.82, 2.24) is 0 Å². The van der Waals surface area contributed by atoms with E-state index in [1.165, 1.54) is 17.8 Å². The molecule has 138 valence electrons. The van der Waals surface area contributed by atoms with Crippen LogP contribution in [0.3, 0.4) is 0 Å². The summed E-state index contributed by atoms with van der Waals surface area (Å²) in [5.41, 5.74) is 0.904. The van der Waals surface area contributed by atoms with Crippen molar-refractivity contribution in [2.45, 2.75) is 4.90 Å². The molecule has 0 saturated carbocycles. The Hall–Kier alpha value is -3.18. The van der Waals surface area contributed by atoms with Gasteiger partial charge in [0.15, 0.2) is 18.1 Å². The van der Waals surface area contributed by atoms with E-state index in [2.05, 4.69) is 5.32 Å². The summed E-state index contributed by atoms with van der Waals surface area (Å²) < 4.78 is 15.9. The molecule has 1 aliphatic heterocycles. The van der Waals surface area contributed by atoms with Crippen molar-refractivity contribution in [2.75, 3.05) is 30.9 Å². The number of ether oxygens (including phenoxy) is 3. The zero-order chi connectivity index (χ0) is 19.1. The Morgan fingerprint density at radius 1 is 1.15 bits per heavy atom. The number of esters is 1. The summed E-state index contributed by atoms with van der Waals surface area (Å²) in [4.78, 5) is 24.5. The third-order valence-corrected chi connectivity index (χ3v) is 4.48. The number of amides is 1. The van der Waals surface area contributed by atoms with Gasteiger partial charge in [-0.15, -0.1) is 11.8 Å². The molecule has 0 atom stereocenters. The molecule has 0 bridgehead atoms. The Kier molecular flexibility index (Phi) is 6.18. The second-order valence-electron chi connectivity index (χ2n) is 5.50. The smallest absolute Gasteiger partial charge is 0.316 e. The van der Waals surface area contributed by atoms with Crippen LogP contribution in [-0.2, 0) is 14.3 Å². The normalized spacial score (nSPS) is 12.0.